The first-order valence-electron chi connectivity index (χ1n) is 7.27. The maximum Gasteiger partial charge on any atom is 0.416 e. The van der Waals surface area contributed by atoms with Crippen molar-refractivity contribution in [2.24, 2.45) is 0 Å². The van der Waals surface area contributed by atoms with Crippen LogP contribution in [0.3, 0.4) is 0 Å². The van der Waals surface area contributed by atoms with Crippen LogP contribution in [0.1, 0.15) is 11.1 Å². The molecular weight excluding hydrogens is 290 g/mol. The Labute approximate surface area is 136 Å². The van der Waals surface area contributed by atoms with E-state index in [4.69, 9.17) is 4.74 Å². The third kappa shape index (κ3) is 4.54. The number of carbonyl (C=O) groups is 2. The minimum Gasteiger partial charge on any atom is -0.452 e. The molecule has 2 rings (SSSR count). The van der Waals surface area contributed by atoms with E-state index < -0.39 is 12.0 Å². The highest BCUT2D eigenvalue weighted by atomic mass is 16.5. The smallest absolute Gasteiger partial charge is 0.416 e. The van der Waals surface area contributed by atoms with Crippen LogP contribution < -0.4 is 0 Å². The maximum absolute atomic E-state index is 12.6. The summed E-state index contributed by atoms with van der Waals surface area (Å²) in [7, 11) is 1.26. The van der Waals surface area contributed by atoms with E-state index in [-0.39, 0.29) is 6.54 Å². The summed E-state index contributed by atoms with van der Waals surface area (Å²) in [4.78, 5) is 25.6. The van der Waals surface area contributed by atoms with Crippen LogP contribution in [0.25, 0.3) is 0 Å². The van der Waals surface area contributed by atoms with E-state index in [1.165, 1.54) is 7.11 Å². The minimum atomic E-state index is -0.687. The van der Waals surface area contributed by atoms with Crippen molar-refractivity contribution in [2.45, 2.75) is 13.0 Å². The molecule has 2 aromatic carbocycles. The lowest BCUT2D eigenvalue weighted by atomic mass is 10.1. The zero-order chi connectivity index (χ0) is 16.7. The zero-order valence-corrected chi connectivity index (χ0v) is 13.1. The van der Waals surface area contributed by atoms with Gasteiger partial charge in [-0.25, -0.2) is 9.69 Å². The van der Waals surface area contributed by atoms with Crippen LogP contribution in [-0.2, 0) is 22.5 Å². The Balaban J connectivity index is 2.13. The third-order valence-electron chi connectivity index (χ3n) is 3.39. The van der Waals surface area contributed by atoms with E-state index in [0.717, 1.165) is 16.0 Å². The first-order valence-corrected chi connectivity index (χ1v) is 7.27. The van der Waals surface area contributed by atoms with Crippen LogP contribution in [0, 0.1) is 0 Å². The lowest BCUT2D eigenvalue weighted by Crippen LogP contribution is -2.37. The highest BCUT2D eigenvalue weighted by Crippen LogP contribution is 2.13. The highest BCUT2D eigenvalue weighted by molar-refractivity contribution is 6.02. The molecule has 118 valence electrons. The number of amides is 2. The first kappa shape index (κ1) is 16.5. The Morgan fingerprint density at radius 1 is 0.957 bits per heavy atom. The largest absolute Gasteiger partial charge is 0.452 e. The lowest BCUT2D eigenvalue weighted by Gasteiger charge is -2.20. The summed E-state index contributed by atoms with van der Waals surface area (Å²) in [5.74, 6) is -0.426. The standard InChI is InChI=1S/C19H19NO3/c1-15(13-16-9-5-3-6-10-16)18(21)20(19(22)23-2)14-17-11-7-4-8-12-17/h3-12H,1,13-14H2,2H3. The Morgan fingerprint density at radius 3 is 2.00 bits per heavy atom. The SMILES string of the molecule is C=C(Cc1ccccc1)C(=O)N(Cc1ccccc1)C(=O)OC. The molecule has 0 heterocycles. The van der Waals surface area contributed by atoms with Crippen LogP contribution in [0.15, 0.2) is 72.8 Å². The molecule has 0 aliphatic heterocycles. The van der Waals surface area contributed by atoms with Crippen LogP contribution in [0.4, 0.5) is 4.79 Å². The van der Waals surface area contributed by atoms with Gasteiger partial charge in [0, 0.05) is 12.0 Å². The van der Waals surface area contributed by atoms with E-state index in [9.17, 15) is 9.59 Å². The number of carbonyl (C=O) groups excluding carboxylic acids is 2. The second-order valence-electron chi connectivity index (χ2n) is 5.11. The number of imide groups is 1. The van der Waals surface area contributed by atoms with Gasteiger partial charge >= 0.3 is 6.09 Å². The van der Waals surface area contributed by atoms with E-state index in [1.54, 1.807) is 0 Å². The molecule has 0 bridgehead atoms. The number of benzene rings is 2. The van der Waals surface area contributed by atoms with Crippen molar-refractivity contribution < 1.29 is 14.3 Å². The number of methoxy groups -OCH3 is 1. The molecule has 0 radical (unpaired) electrons. The summed E-state index contributed by atoms with van der Waals surface area (Å²) in [5.41, 5.74) is 2.16. The second-order valence-corrected chi connectivity index (χ2v) is 5.11. The molecule has 0 aliphatic carbocycles. The fraction of sp³-hybridized carbons (Fsp3) is 0.158. The molecule has 0 unspecified atom stereocenters. The molecule has 2 amide bonds. The molecule has 23 heavy (non-hydrogen) atoms. The Hall–Kier alpha value is -2.88. The van der Waals surface area contributed by atoms with Gasteiger partial charge in [-0.3, -0.25) is 4.79 Å². The van der Waals surface area contributed by atoms with Gasteiger partial charge in [0.15, 0.2) is 0 Å². The summed E-state index contributed by atoms with van der Waals surface area (Å²) in [5, 5.41) is 0. The van der Waals surface area contributed by atoms with Crippen molar-refractivity contribution in [3.63, 3.8) is 0 Å². The summed E-state index contributed by atoms with van der Waals surface area (Å²) in [6.07, 6.45) is -0.296. The molecule has 0 spiro atoms. The number of hydrogen-bond donors (Lipinski definition) is 0. The molecular formula is C19H19NO3. The quantitative estimate of drug-likeness (QED) is 0.793. The summed E-state index contributed by atoms with van der Waals surface area (Å²) < 4.78 is 4.73. The van der Waals surface area contributed by atoms with Gasteiger partial charge in [0.05, 0.1) is 13.7 Å². The average molecular weight is 309 g/mol. The number of rotatable bonds is 5. The lowest BCUT2D eigenvalue weighted by molar-refractivity contribution is -0.126. The zero-order valence-electron chi connectivity index (χ0n) is 13.1. The van der Waals surface area contributed by atoms with Gasteiger partial charge in [0.2, 0.25) is 0 Å². The van der Waals surface area contributed by atoms with Crippen molar-refractivity contribution in [3.8, 4) is 0 Å². The summed E-state index contributed by atoms with van der Waals surface area (Å²) >= 11 is 0. The van der Waals surface area contributed by atoms with Crippen LogP contribution in [-0.4, -0.2) is 24.0 Å². The Bertz CT molecular complexity index is 680. The fourth-order valence-corrected chi connectivity index (χ4v) is 2.20. The van der Waals surface area contributed by atoms with Gasteiger partial charge in [-0.05, 0) is 11.1 Å². The van der Waals surface area contributed by atoms with Crippen LogP contribution >= 0.6 is 0 Å². The second kappa shape index (κ2) is 7.94. The summed E-state index contributed by atoms with van der Waals surface area (Å²) in [6, 6.07) is 18.8. The van der Waals surface area contributed by atoms with Gasteiger partial charge in [-0.15, -0.1) is 0 Å². The molecule has 0 atom stereocenters. The van der Waals surface area contributed by atoms with Gasteiger partial charge in [-0.1, -0.05) is 67.2 Å². The minimum absolute atomic E-state index is 0.153. The van der Waals surface area contributed by atoms with Crippen molar-refractivity contribution in [1.82, 2.24) is 4.90 Å². The first-order chi connectivity index (χ1) is 11.1. The summed E-state index contributed by atoms with van der Waals surface area (Å²) in [6.45, 7) is 3.98. The predicted molar refractivity (Wildman–Crippen MR) is 88.7 cm³/mol. The number of ether oxygens (including phenoxy) is 1. The van der Waals surface area contributed by atoms with Crippen molar-refractivity contribution in [1.29, 1.82) is 0 Å². The number of hydrogen-bond acceptors (Lipinski definition) is 3. The molecule has 4 nitrogen and oxygen atoms in total. The predicted octanol–water partition coefficient (Wildman–Crippen LogP) is 3.58. The average Bonchev–Trinajstić information content (AvgIpc) is 2.60. The van der Waals surface area contributed by atoms with Crippen molar-refractivity contribution >= 4 is 12.0 Å². The monoisotopic (exact) mass is 309 g/mol. The topological polar surface area (TPSA) is 46.6 Å². The molecule has 0 aliphatic rings. The molecule has 0 N–H and O–H groups in total. The molecule has 2 aromatic rings. The van der Waals surface area contributed by atoms with E-state index in [1.807, 2.05) is 60.7 Å². The molecule has 0 saturated heterocycles. The highest BCUT2D eigenvalue weighted by Gasteiger charge is 2.24. The van der Waals surface area contributed by atoms with Crippen molar-refractivity contribution in [2.75, 3.05) is 7.11 Å². The van der Waals surface area contributed by atoms with Gasteiger partial charge in [0.25, 0.3) is 5.91 Å². The van der Waals surface area contributed by atoms with Gasteiger partial charge < -0.3 is 4.74 Å². The van der Waals surface area contributed by atoms with Gasteiger partial charge in [0.1, 0.15) is 0 Å². The normalized spacial score (nSPS) is 9.96. The molecule has 0 fully saturated rings. The maximum atomic E-state index is 12.6. The van der Waals surface area contributed by atoms with E-state index in [2.05, 4.69) is 6.58 Å². The molecule has 0 saturated carbocycles. The Morgan fingerprint density at radius 2 is 1.48 bits per heavy atom. The van der Waals surface area contributed by atoms with Crippen LogP contribution in [0.2, 0.25) is 0 Å². The van der Waals surface area contributed by atoms with Crippen molar-refractivity contribution in [3.05, 3.63) is 83.9 Å². The molecule has 4 heteroatoms. The Kier molecular flexibility index (Phi) is 5.69. The fourth-order valence-electron chi connectivity index (χ4n) is 2.20. The number of nitrogens with zero attached hydrogens (tertiary/aromatic N) is 1. The van der Waals surface area contributed by atoms with Gasteiger partial charge in [-0.2, -0.15) is 0 Å². The van der Waals surface area contributed by atoms with Crippen LogP contribution in [0.5, 0.6) is 0 Å². The molecule has 0 aromatic heterocycles. The van der Waals surface area contributed by atoms with E-state index >= 15 is 0 Å². The van der Waals surface area contributed by atoms with E-state index in [0.29, 0.717) is 12.0 Å². The third-order valence-corrected chi connectivity index (χ3v) is 3.39.